The second-order valence-electron chi connectivity index (χ2n) is 9.57. The Hall–Kier alpha value is -4.59. The molecular weight excluding hydrogens is 484 g/mol. The van der Waals surface area contributed by atoms with Crippen molar-refractivity contribution in [2.24, 2.45) is 0 Å². The molecule has 1 amide bonds. The van der Waals surface area contributed by atoms with E-state index in [0.29, 0.717) is 11.5 Å². The van der Waals surface area contributed by atoms with Gasteiger partial charge in [0.15, 0.2) is 5.76 Å². The van der Waals surface area contributed by atoms with E-state index in [2.05, 4.69) is 17.4 Å². The number of fused-ring (bicyclic) bond motifs is 1. The first kappa shape index (κ1) is 25.1. The van der Waals surface area contributed by atoms with E-state index >= 15 is 0 Å². The van der Waals surface area contributed by atoms with Crippen LogP contribution in [0.2, 0.25) is 0 Å². The monoisotopic (exact) mass is 512 g/mol. The molecule has 38 heavy (non-hydrogen) atoms. The van der Waals surface area contributed by atoms with Crippen molar-refractivity contribution in [2.75, 3.05) is 5.32 Å². The van der Waals surface area contributed by atoms with Gasteiger partial charge in [-0.1, -0.05) is 12.1 Å². The maximum atomic E-state index is 12.9. The number of anilines is 1. The minimum Gasteiger partial charge on any atom is -0.486 e. The van der Waals surface area contributed by atoms with Gasteiger partial charge in [0.25, 0.3) is 11.6 Å². The van der Waals surface area contributed by atoms with E-state index in [1.54, 1.807) is 18.2 Å². The fraction of sp³-hybridized carbons (Fsp3) is 0.233. The lowest BCUT2D eigenvalue weighted by Gasteiger charge is -2.13. The molecule has 0 aliphatic heterocycles. The van der Waals surface area contributed by atoms with Crippen LogP contribution in [0.3, 0.4) is 0 Å². The van der Waals surface area contributed by atoms with Crippen LogP contribution in [0, 0.1) is 30.9 Å². The highest BCUT2D eigenvalue weighted by Gasteiger charge is 2.17. The van der Waals surface area contributed by atoms with E-state index in [1.807, 2.05) is 39.0 Å². The number of ether oxygens (including phenoxy) is 2. The Kier molecular flexibility index (Phi) is 6.87. The molecular formula is C30H28N2O6. The van der Waals surface area contributed by atoms with Gasteiger partial charge in [-0.15, -0.1) is 0 Å². The zero-order chi connectivity index (χ0) is 26.8. The van der Waals surface area contributed by atoms with Crippen LogP contribution in [-0.4, -0.2) is 10.8 Å². The molecule has 1 aliphatic rings. The normalized spacial score (nSPS) is 12.2. The van der Waals surface area contributed by atoms with Gasteiger partial charge in [0.2, 0.25) is 0 Å². The molecule has 0 bridgehead atoms. The van der Waals surface area contributed by atoms with E-state index in [0.717, 1.165) is 35.3 Å². The minimum absolute atomic E-state index is 0.0664. The van der Waals surface area contributed by atoms with Crippen LogP contribution in [0.25, 0.3) is 0 Å². The van der Waals surface area contributed by atoms with Crippen molar-refractivity contribution in [1.82, 2.24) is 0 Å². The maximum Gasteiger partial charge on any atom is 0.291 e. The Labute approximate surface area is 220 Å². The Balaban J connectivity index is 1.29. The molecule has 1 heterocycles. The van der Waals surface area contributed by atoms with Gasteiger partial charge in [0, 0.05) is 12.1 Å². The second-order valence-corrected chi connectivity index (χ2v) is 9.57. The second kappa shape index (κ2) is 10.4. The van der Waals surface area contributed by atoms with Gasteiger partial charge in [-0.3, -0.25) is 14.9 Å². The largest absolute Gasteiger partial charge is 0.486 e. The lowest BCUT2D eigenvalue weighted by molar-refractivity contribution is -0.384. The summed E-state index contributed by atoms with van der Waals surface area (Å²) < 4.78 is 17.5. The summed E-state index contributed by atoms with van der Waals surface area (Å²) in [6.07, 6.45) is 3.33. The number of rotatable bonds is 8. The van der Waals surface area contributed by atoms with Crippen LogP contribution < -0.4 is 14.8 Å². The number of carbonyl (C=O) groups is 1. The van der Waals surface area contributed by atoms with Crippen molar-refractivity contribution in [3.05, 3.63) is 110 Å². The molecule has 0 saturated carbocycles. The Bertz CT molecular complexity index is 1540. The lowest BCUT2D eigenvalue weighted by atomic mass is 10.1. The van der Waals surface area contributed by atoms with Crippen LogP contribution in [0.5, 0.6) is 17.2 Å². The Morgan fingerprint density at radius 2 is 1.79 bits per heavy atom. The van der Waals surface area contributed by atoms with Gasteiger partial charge >= 0.3 is 0 Å². The maximum absolute atomic E-state index is 12.9. The number of nitrogens with one attached hydrogen (secondary N) is 1. The molecule has 0 radical (unpaired) electrons. The molecule has 8 heteroatoms. The van der Waals surface area contributed by atoms with E-state index in [1.165, 1.54) is 29.7 Å². The number of nitro benzene ring substituents is 1. The third kappa shape index (κ3) is 5.54. The minimum atomic E-state index is -0.539. The molecule has 1 aliphatic carbocycles. The molecule has 0 spiro atoms. The molecule has 0 fully saturated rings. The van der Waals surface area contributed by atoms with Crippen LogP contribution >= 0.6 is 0 Å². The Morgan fingerprint density at radius 1 is 0.974 bits per heavy atom. The quantitative estimate of drug-likeness (QED) is 0.197. The number of furan rings is 1. The van der Waals surface area contributed by atoms with Crippen molar-refractivity contribution in [1.29, 1.82) is 0 Å². The molecule has 0 atom stereocenters. The highest BCUT2D eigenvalue weighted by molar-refractivity contribution is 6.02. The summed E-state index contributed by atoms with van der Waals surface area (Å²) in [5.41, 5.74) is 5.68. The number of aryl methyl sites for hydroxylation is 4. The fourth-order valence-electron chi connectivity index (χ4n) is 4.62. The molecule has 5 rings (SSSR count). The van der Waals surface area contributed by atoms with Gasteiger partial charge in [-0.05, 0) is 98.2 Å². The summed E-state index contributed by atoms with van der Waals surface area (Å²) >= 11 is 0. The standard InChI is InChI=1S/C30H28N2O6/c1-18-11-19(2)20(3)29(12-18)38-27-15-23(14-24(16-27)32(34)35)31-30(33)28-10-9-26(37-28)17-36-25-8-7-21-5-4-6-22(21)13-25/h7-16H,4-6,17H2,1-3H3,(H,31,33). The first-order valence-electron chi connectivity index (χ1n) is 12.4. The first-order chi connectivity index (χ1) is 18.2. The van der Waals surface area contributed by atoms with Crippen molar-refractivity contribution < 1.29 is 23.6 Å². The summed E-state index contributed by atoms with van der Waals surface area (Å²) in [5.74, 6) is 1.62. The number of carbonyl (C=O) groups excluding carboxylic acids is 1. The highest BCUT2D eigenvalue weighted by atomic mass is 16.6. The van der Waals surface area contributed by atoms with Crippen molar-refractivity contribution >= 4 is 17.3 Å². The third-order valence-corrected chi connectivity index (χ3v) is 6.69. The predicted octanol–water partition coefficient (Wildman–Crippen LogP) is 7.23. The molecule has 194 valence electrons. The Morgan fingerprint density at radius 3 is 2.61 bits per heavy atom. The first-order valence-corrected chi connectivity index (χ1v) is 12.4. The van der Waals surface area contributed by atoms with Crippen LogP contribution in [0.1, 0.15) is 50.6 Å². The fourth-order valence-corrected chi connectivity index (χ4v) is 4.62. The van der Waals surface area contributed by atoms with Gasteiger partial charge < -0.3 is 19.2 Å². The van der Waals surface area contributed by atoms with Gasteiger partial charge in [-0.2, -0.15) is 0 Å². The van der Waals surface area contributed by atoms with Crippen LogP contribution in [0.15, 0.2) is 65.1 Å². The zero-order valence-electron chi connectivity index (χ0n) is 21.5. The van der Waals surface area contributed by atoms with E-state index < -0.39 is 10.8 Å². The molecule has 4 aromatic rings. The van der Waals surface area contributed by atoms with Gasteiger partial charge in [0.05, 0.1) is 16.7 Å². The summed E-state index contributed by atoms with van der Waals surface area (Å²) in [5, 5.41) is 14.2. The molecule has 0 saturated heterocycles. The van der Waals surface area contributed by atoms with Gasteiger partial charge in [-0.25, -0.2) is 0 Å². The van der Waals surface area contributed by atoms with Gasteiger partial charge in [0.1, 0.15) is 29.6 Å². The summed E-state index contributed by atoms with van der Waals surface area (Å²) in [6.45, 7) is 6.03. The number of amides is 1. The number of hydrogen-bond acceptors (Lipinski definition) is 6. The van der Waals surface area contributed by atoms with Crippen molar-refractivity contribution in [3.63, 3.8) is 0 Å². The highest BCUT2D eigenvalue weighted by Crippen LogP contribution is 2.33. The lowest BCUT2D eigenvalue weighted by Crippen LogP contribution is -2.11. The average Bonchev–Trinajstić information content (AvgIpc) is 3.55. The zero-order valence-corrected chi connectivity index (χ0v) is 21.5. The van der Waals surface area contributed by atoms with Crippen LogP contribution in [-0.2, 0) is 19.4 Å². The molecule has 3 aromatic carbocycles. The van der Waals surface area contributed by atoms with Crippen molar-refractivity contribution in [2.45, 2.75) is 46.6 Å². The van der Waals surface area contributed by atoms with E-state index in [-0.39, 0.29) is 29.5 Å². The number of nitro groups is 1. The average molecular weight is 513 g/mol. The van der Waals surface area contributed by atoms with Crippen LogP contribution in [0.4, 0.5) is 11.4 Å². The molecule has 1 N–H and O–H groups in total. The number of hydrogen-bond donors (Lipinski definition) is 1. The molecule has 1 aromatic heterocycles. The van der Waals surface area contributed by atoms with E-state index in [9.17, 15) is 14.9 Å². The SMILES string of the molecule is Cc1cc(C)c(C)c(Oc2cc(NC(=O)c3ccc(COc4ccc5c(c4)CCC5)o3)cc([N+](=O)[O-])c2)c1. The summed E-state index contributed by atoms with van der Waals surface area (Å²) in [6, 6.07) is 17.4. The molecule has 8 nitrogen and oxygen atoms in total. The van der Waals surface area contributed by atoms with Crippen molar-refractivity contribution in [3.8, 4) is 17.2 Å². The summed E-state index contributed by atoms with van der Waals surface area (Å²) in [4.78, 5) is 23.9. The third-order valence-electron chi connectivity index (χ3n) is 6.69. The predicted molar refractivity (Wildman–Crippen MR) is 143 cm³/mol. The molecule has 0 unspecified atom stereocenters. The smallest absolute Gasteiger partial charge is 0.291 e. The summed E-state index contributed by atoms with van der Waals surface area (Å²) in [7, 11) is 0. The number of nitrogens with zero attached hydrogens (tertiary/aromatic N) is 1. The van der Waals surface area contributed by atoms with E-state index in [4.69, 9.17) is 13.9 Å². The number of benzene rings is 3. The topological polar surface area (TPSA) is 104 Å². The number of non-ortho nitro benzene ring substituents is 1.